The van der Waals surface area contributed by atoms with Gasteiger partial charge < -0.3 is 10.6 Å². The van der Waals surface area contributed by atoms with Crippen molar-refractivity contribution in [2.45, 2.75) is 33.6 Å². The molecule has 0 saturated carbocycles. The molecule has 1 aliphatic heterocycles. The Labute approximate surface area is 125 Å². The molecule has 0 aliphatic carbocycles. The number of hydrogen-bond acceptors (Lipinski definition) is 2. The minimum atomic E-state index is 0.414. The van der Waals surface area contributed by atoms with Gasteiger partial charge in [-0.05, 0) is 55.3 Å². The third-order valence-corrected chi connectivity index (χ3v) is 5.46. The van der Waals surface area contributed by atoms with Crippen molar-refractivity contribution in [3.05, 3.63) is 28.2 Å². The van der Waals surface area contributed by atoms with Crippen molar-refractivity contribution in [1.82, 2.24) is 0 Å². The number of hydrogen-bond donors (Lipinski definition) is 1. The topological polar surface area (TPSA) is 29.3 Å². The Bertz CT molecular complexity index is 442. The Kier molecular flexibility index (Phi) is 4.57. The van der Waals surface area contributed by atoms with E-state index in [1.165, 1.54) is 22.1 Å². The first-order valence-electron chi connectivity index (χ1n) is 7.15. The monoisotopic (exact) mass is 324 g/mol. The minimum Gasteiger partial charge on any atom is -0.371 e. The van der Waals surface area contributed by atoms with E-state index in [4.69, 9.17) is 5.73 Å². The van der Waals surface area contributed by atoms with E-state index in [1.54, 1.807) is 0 Å². The standard InChI is InChI=1S/C16H25BrN2/c1-12-4-5-14(10-15(12)17)19-9-7-16(2,3)13(11-19)6-8-18/h4-5,10,13H,6-9,11,18H2,1-3H3. The highest BCUT2D eigenvalue weighted by molar-refractivity contribution is 9.10. The van der Waals surface area contributed by atoms with Gasteiger partial charge >= 0.3 is 0 Å². The molecular formula is C16H25BrN2. The first-order chi connectivity index (χ1) is 8.94. The van der Waals surface area contributed by atoms with Gasteiger partial charge in [-0.2, -0.15) is 0 Å². The number of anilines is 1. The van der Waals surface area contributed by atoms with Gasteiger partial charge in [0.25, 0.3) is 0 Å². The van der Waals surface area contributed by atoms with Crippen molar-refractivity contribution in [3.8, 4) is 0 Å². The Morgan fingerprint density at radius 3 is 2.79 bits per heavy atom. The number of rotatable bonds is 3. The van der Waals surface area contributed by atoms with Gasteiger partial charge in [-0.3, -0.25) is 0 Å². The van der Waals surface area contributed by atoms with Crippen LogP contribution in [-0.2, 0) is 0 Å². The van der Waals surface area contributed by atoms with E-state index in [0.717, 1.165) is 26.1 Å². The lowest BCUT2D eigenvalue weighted by molar-refractivity contribution is 0.163. The molecule has 1 unspecified atom stereocenters. The number of nitrogens with two attached hydrogens (primary N) is 1. The molecule has 2 rings (SSSR count). The summed E-state index contributed by atoms with van der Waals surface area (Å²) in [6, 6.07) is 6.67. The molecule has 19 heavy (non-hydrogen) atoms. The van der Waals surface area contributed by atoms with Crippen LogP contribution in [0.4, 0.5) is 5.69 Å². The van der Waals surface area contributed by atoms with E-state index in [9.17, 15) is 0 Å². The molecule has 2 nitrogen and oxygen atoms in total. The predicted molar refractivity (Wildman–Crippen MR) is 86.7 cm³/mol. The van der Waals surface area contributed by atoms with Crippen LogP contribution in [-0.4, -0.2) is 19.6 Å². The van der Waals surface area contributed by atoms with Crippen LogP contribution in [0.25, 0.3) is 0 Å². The molecule has 0 aromatic heterocycles. The molecule has 3 heteroatoms. The van der Waals surface area contributed by atoms with Gasteiger partial charge in [-0.1, -0.05) is 35.8 Å². The smallest absolute Gasteiger partial charge is 0.0377 e. The molecule has 0 bridgehead atoms. The van der Waals surface area contributed by atoms with Crippen LogP contribution < -0.4 is 10.6 Å². The van der Waals surface area contributed by atoms with Crippen LogP contribution in [0, 0.1) is 18.3 Å². The molecule has 1 aliphatic rings. The normalized spacial score (nSPS) is 22.6. The quantitative estimate of drug-likeness (QED) is 0.911. The maximum Gasteiger partial charge on any atom is 0.0377 e. The zero-order valence-electron chi connectivity index (χ0n) is 12.2. The van der Waals surface area contributed by atoms with Gasteiger partial charge in [-0.15, -0.1) is 0 Å². The van der Waals surface area contributed by atoms with Crippen molar-refractivity contribution in [3.63, 3.8) is 0 Å². The zero-order chi connectivity index (χ0) is 14.0. The maximum atomic E-state index is 5.78. The summed E-state index contributed by atoms with van der Waals surface area (Å²) in [5, 5.41) is 0. The van der Waals surface area contributed by atoms with Gasteiger partial charge in [0.1, 0.15) is 0 Å². The summed E-state index contributed by atoms with van der Waals surface area (Å²) >= 11 is 3.63. The fourth-order valence-electron chi connectivity index (χ4n) is 2.93. The van der Waals surface area contributed by atoms with Gasteiger partial charge in [0.15, 0.2) is 0 Å². The fraction of sp³-hybridized carbons (Fsp3) is 0.625. The summed E-state index contributed by atoms with van der Waals surface area (Å²) in [6.45, 7) is 9.96. The van der Waals surface area contributed by atoms with Crippen LogP contribution >= 0.6 is 15.9 Å². The molecule has 1 aromatic carbocycles. The second kappa shape index (κ2) is 5.84. The Balaban J connectivity index is 2.16. The van der Waals surface area contributed by atoms with Crippen molar-refractivity contribution in [2.75, 3.05) is 24.5 Å². The fourth-order valence-corrected chi connectivity index (χ4v) is 3.29. The Hall–Kier alpha value is -0.540. The predicted octanol–water partition coefficient (Wildman–Crippen LogP) is 3.96. The molecule has 106 valence electrons. The molecule has 1 aromatic rings. The number of halogens is 1. The lowest BCUT2D eigenvalue weighted by Crippen LogP contribution is -2.45. The Morgan fingerprint density at radius 2 is 2.16 bits per heavy atom. The van der Waals surface area contributed by atoms with E-state index in [0.29, 0.717) is 11.3 Å². The van der Waals surface area contributed by atoms with Crippen LogP contribution in [0.15, 0.2) is 22.7 Å². The van der Waals surface area contributed by atoms with Crippen molar-refractivity contribution >= 4 is 21.6 Å². The van der Waals surface area contributed by atoms with Crippen molar-refractivity contribution < 1.29 is 0 Å². The highest BCUT2D eigenvalue weighted by Gasteiger charge is 2.34. The summed E-state index contributed by atoms with van der Waals surface area (Å²) in [6.07, 6.45) is 2.36. The summed E-state index contributed by atoms with van der Waals surface area (Å²) in [7, 11) is 0. The summed E-state index contributed by atoms with van der Waals surface area (Å²) < 4.78 is 1.20. The molecule has 1 atom stereocenters. The number of benzene rings is 1. The number of nitrogens with zero attached hydrogens (tertiary/aromatic N) is 1. The van der Waals surface area contributed by atoms with Crippen LogP contribution in [0.2, 0.25) is 0 Å². The average Bonchev–Trinajstić information content (AvgIpc) is 2.35. The van der Waals surface area contributed by atoms with Crippen molar-refractivity contribution in [1.29, 1.82) is 0 Å². The zero-order valence-corrected chi connectivity index (χ0v) is 13.8. The van der Waals surface area contributed by atoms with E-state index in [-0.39, 0.29) is 0 Å². The third-order valence-electron chi connectivity index (χ3n) is 4.61. The molecule has 0 amide bonds. The highest BCUT2D eigenvalue weighted by atomic mass is 79.9. The van der Waals surface area contributed by atoms with E-state index < -0.39 is 0 Å². The second-order valence-electron chi connectivity index (χ2n) is 6.39. The SMILES string of the molecule is Cc1ccc(N2CCC(C)(C)C(CCN)C2)cc1Br. The molecule has 1 heterocycles. The first-order valence-corrected chi connectivity index (χ1v) is 7.94. The lowest BCUT2D eigenvalue weighted by atomic mass is 9.72. The van der Waals surface area contributed by atoms with Gasteiger partial charge in [-0.25, -0.2) is 0 Å². The number of piperidine rings is 1. The van der Waals surface area contributed by atoms with Crippen LogP contribution in [0.5, 0.6) is 0 Å². The van der Waals surface area contributed by atoms with Gasteiger partial charge in [0, 0.05) is 23.2 Å². The van der Waals surface area contributed by atoms with Crippen molar-refractivity contribution in [2.24, 2.45) is 17.1 Å². The second-order valence-corrected chi connectivity index (χ2v) is 7.25. The van der Waals surface area contributed by atoms with E-state index >= 15 is 0 Å². The third kappa shape index (κ3) is 3.32. The number of aryl methyl sites for hydroxylation is 1. The summed E-state index contributed by atoms with van der Waals surface area (Å²) in [5.41, 5.74) is 8.82. The minimum absolute atomic E-state index is 0.414. The van der Waals surface area contributed by atoms with Crippen LogP contribution in [0.1, 0.15) is 32.3 Å². The largest absolute Gasteiger partial charge is 0.371 e. The van der Waals surface area contributed by atoms with E-state index in [1.807, 2.05) is 0 Å². The molecule has 2 N–H and O–H groups in total. The average molecular weight is 325 g/mol. The van der Waals surface area contributed by atoms with E-state index in [2.05, 4.69) is 59.8 Å². The molecule has 0 spiro atoms. The molecule has 1 saturated heterocycles. The summed E-state index contributed by atoms with van der Waals surface area (Å²) in [5.74, 6) is 0.686. The molecule has 1 fully saturated rings. The first kappa shape index (κ1) is 14.9. The highest BCUT2D eigenvalue weighted by Crippen LogP contribution is 2.39. The van der Waals surface area contributed by atoms with Crippen LogP contribution in [0.3, 0.4) is 0 Å². The maximum absolute atomic E-state index is 5.78. The lowest BCUT2D eigenvalue weighted by Gasteiger charge is -2.45. The molecular weight excluding hydrogens is 300 g/mol. The van der Waals surface area contributed by atoms with Gasteiger partial charge in [0.05, 0.1) is 0 Å². The summed E-state index contributed by atoms with van der Waals surface area (Å²) in [4.78, 5) is 2.51. The van der Waals surface area contributed by atoms with Gasteiger partial charge in [0.2, 0.25) is 0 Å². The Morgan fingerprint density at radius 1 is 1.42 bits per heavy atom. The molecule has 0 radical (unpaired) electrons.